The van der Waals surface area contributed by atoms with Gasteiger partial charge in [0, 0.05) is 24.5 Å². The highest BCUT2D eigenvalue weighted by Gasteiger charge is 2.26. The van der Waals surface area contributed by atoms with Crippen molar-refractivity contribution in [1.29, 1.82) is 0 Å². The van der Waals surface area contributed by atoms with E-state index in [-0.39, 0.29) is 6.61 Å². The lowest BCUT2D eigenvalue weighted by Crippen LogP contribution is -2.15. The molecule has 0 aliphatic heterocycles. The number of hydrogen-bond acceptors (Lipinski definition) is 3. The highest BCUT2D eigenvalue weighted by molar-refractivity contribution is 7.54. The molecule has 0 fully saturated rings. The number of carbonyl (C=O) groups is 1. The molecule has 0 spiro atoms. The summed E-state index contributed by atoms with van der Waals surface area (Å²) in [5.74, 6) is -0.428. The van der Waals surface area contributed by atoms with Gasteiger partial charge < -0.3 is 4.89 Å². The van der Waals surface area contributed by atoms with E-state index in [4.69, 9.17) is 4.52 Å². The Morgan fingerprint density at radius 1 is 1.21 bits per heavy atom. The summed E-state index contributed by atoms with van der Waals surface area (Å²) in [6.45, 7) is 1.68. The topological polar surface area (TPSA) is 79.2 Å². The van der Waals surface area contributed by atoms with Crippen molar-refractivity contribution >= 4 is 25.6 Å². The van der Waals surface area contributed by atoms with E-state index < -0.39 is 13.7 Å². The molecule has 0 aliphatic carbocycles. The molecule has 0 aliphatic rings. The molecule has 1 amide bonds. The third-order valence-corrected chi connectivity index (χ3v) is 4.81. The summed E-state index contributed by atoms with van der Waals surface area (Å²) in [5, 5.41) is 0. The Balaban J connectivity index is 1.91. The predicted octanol–water partition coefficient (Wildman–Crippen LogP) is 3.46. The third-order valence-electron chi connectivity index (χ3n) is 3.33. The summed E-state index contributed by atoms with van der Waals surface area (Å²) in [5.41, 5.74) is 2.05. The summed E-state index contributed by atoms with van der Waals surface area (Å²) in [7, 11) is -2.55. The van der Waals surface area contributed by atoms with Gasteiger partial charge in [-0.25, -0.2) is 9.56 Å². The molecule has 7 heteroatoms. The maximum absolute atomic E-state index is 12.2. The van der Waals surface area contributed by atoms with Crippen molar-refractivity contribution in [2.45, 2.75) is 6.92 Å². The normalized spacial score (nSPS) is 13.6. The van der Waals surface area contributed by atoms with Crippen LogP contribution in [0.25, 0.3) is 0 Å². The number of benzene rings is 2. The summed E-state index contributed by atoms with van der Waals surface area (Å²) < 4.78 is 18.3. The van der Waals surface area contributed by atoms with Crippen LogP contribution in [0.1, 0.15) is 15.9 Å². The van der Waals surface area contributed by atoms with Gasteiger partial charge in [0.2, 0.25) is 0 Å². The van der Waals surface area contributed by atoms with Gasteiger partial charge in [-0.2, -0.15) is 0 Å². The van der Waals surface area contributed by atoms with Crippen LogP contribution < -0.4 is 4.67 Å². The lowest BCUT2D eigenvalue weighted by Gasteiger charge is -2.23. The zero-order valence-corrected chi connectivity index (χ0v) is 14.4. The first-order valence-electron chi connectivity index (χ1n) is 7.30. The van der Waals surface area contributed by atoms with E-state index in [9.17, 15) is 14.3 Å². The molecule has 2 aromatic rings. The molecule has 0 bridgehead atoms. The van der Waals surface area contributed by atoms with Gasteiger partial charge in [-0.15, -0.1) is 0 Å². The summed E-state index contributed by atoms with van der Waals surface area (Å²) in [6, 6.07) is 15.7. The molecule has 1 unspecified atom stereocenters. The van der Waals surface area contributed by atoms with Gasteiger partial charge in [-0.3, -0.25) is 14.0 Å². The smallest absolute Gasteiger partial charge is 0.308 e. The third kappa shape index (κ3) is 4.86. The van der Waals surface area contributed by atoms with Crippen LogP contribution in [0.3, 0.4) is 0 Å². The van der Waals surface area contributed by atoms with E-state index in [1.165, 1.54) is 13.3 Å². The molecule has 6 nitrogen and oxygen atoms in total. The molecule has 1 N–H and O–H groups in total. The Hall–Kier alpha value is -2.27. The van der Waals surface area contributed by atoms with Crippen LogP contribution in [-0.4, -0.2) is 30.7 Å². The quantitative estimate of drug-likeness (QED) is 0.640. The molecule has 1 atom stereocenters. The van der Waals surface area contributed by atoms with Crippen molar-refractivity contribution < 1.29 is 18.8 Å². The Labute approximate surface area is 141 Å². The summed E-state index contributed by atoms with van der Waals surface area (Å²) >= 11 is 0. The molecular formula is C17H19N2O4P. The van der Waals surface area contributed by atoms with Crippen LogP contribution >= 0.6 is 7.75 Å². The van der Waals surface area contributed by atoms with E-state index in [0.717, 1.165) is 10.2 Å². The van der Waals surface area contributed by atoms with Crippen molar-refractivity contribution in [1.82, 2.24) is 0 Å². The first-order chi connectivity index (χ1) is 11.4. The first kappa shape index (κ1) is 18.1. The van der Waals surface area contributed by atoms with E-state index in [2.05, 4.69) is 4.99 Å². The number of nitrogens with zero attached hydrogens (tertiary/aromatic N) is 2. The second-order valence-corrected chi connectivity index (χ2v) is 6.97. The van der Waals surface area contributed by atoms with Crippen LogP contribution in [0.4, 0.5) is 5.69 Å². The van der Waals surface area contributed by atoms with Crippen LogP contribution in [0, 0.1) is 6.92 Å². The average Bonchev–Trinajstić information content (AvgIpc) is 2.59. The van der Waals surface area contributed by atoms with Crippen LogP contribution in [0.2, 0.25) is 0 Å². The van der Waals surface area contributed by atoms with Gasteiger partial charge in [0.1, 0.15) is 0 Å². The number of rotatable bonds is 6. The van der Waals surface area contributed by atoms with Crippen LogP contribution in [0.5, 0.6) is 0 Å². The number of aryl methyl sites for hydroxylation is 1. The van der Waals surface area contributed by atoms with Gasteiger partial charge in [0.15, 0.2) is 0 Å². The SMILES string of the molecule is Cc1ccc(C(=O)N=CCOP(=O)(O)N(C)c2ccccc2)cc1. The zero-order valence-electron chi connectivity index (χ0n) is 13.5. The fourth-order valence-electron chi connectivity index (χ4n) is 1.90. The number of para-hydroxylation sites is 1. The average molecular weight is 346 g/mol. The molecule has 126 valence electrons. The molecule has 0 radical (unpaired) electrons. The summed E-state index contributed by atoms with van der Waals surface area (Å²) in [6.07, 6.45) is 1.18. The van der Waals surface area contributed by atoms with Crippen molar-refractivity contribution in [3.05, 3.63) is 65.7 Å². The Bertz CT molecular complexity index is 760. The fraction of sp³-hybridized carbons (Fsp3) is 0.176. The van der Waals surface area contributed by atoms with Crippen molar-refractivity contribution in [2.24, 2.45) is 4.99 Å². The fourth-order valence-corrected chi connectivity index (χ4v) is 2.76. The molecule has 0 heterocycles. The second kappa shape index (κ2) is 8.02. The monoisotopic (exact) mass is 346 g/mol. The Kier molecular flexibility index (Phi) is 6.04. The van der Waals surface area contributed by atoms with Crippen molar-refractivity contribution in [3.8, 4) is 0 Å². The maximum atomic E-state index is 12.2. The second-order valence-electron chi connectivity index (χ2n) is 5.13. The highest BCUT2D eigenvalue weighted by atomic mass is 31.2. The van der Waals surface area contributed by atoms with E-state index >= 15 is 0 Å². The van der Waals surface area contributed by atoms with E-state index in [1.807, 2.05) is 25.1 Å². The minimum absolute atomic E-state index is 0.247. The van der Waals surface area contributed by atoms with Gasteiger partial charge in [0.05, 0.1) is 6.61 Å². The molecule has 24 heavy (non-hydrogen) atoms. The molecule has 2 aromatic carbocycles. The zero-order chi connectivity index (χ0) is 17.6. The molecular weight excluding hydrogens is 327 g/mol. The van der Waals surface area contributed by atoms with Gasteiger partial charge in [-0.05, 0) is 31.2 Å². The van der Waals surface area contributed by atoms with Crippen molar-refractivity contribution in [3.63, 3.8) is 0 Å². The number of aliphatic imine (C=N–C) groups is 1. The Morgan fingerprint density at radius 3 is 2.46 bits per heavy atom. The van der Waals surface area contributed by atoms with Gasteiger partial charge in [-0.1, -0.05) is 35.9 Å². The van der Waals surface area contributed by atoms with Crippen LogP contribution in [-0.2, 0) is 9.09 Å². The molecule has 0 aromatic heterocycles. The minimum Gasteiger partial charge on any atom is -0.308 e. The number of hydrogen-bond donors (Lipinski definition) is 1. The lowest BCUT2D eigenvalue weighted by molar-refractivity contribution is 0.100. The first-order valence-corrected chi connectivity index (χ1v) is 8.83. The molecule has 0 saturated heterocycles. The van der Waals surface area contributed by atoms with Gasteiger partial charge in [0.25, 0.3) is 5.91 Å². The lowest BCUT2D eigenvalue weighted by atomic mass is 10.1. The standard InChI is InChI=1S/C17H19N2O4P/c1-14-8-10-15(11-9-14)17(20)18-12-13-23-24(21,22)19(2)16-6-4-3-5-7-16/h3-12H,13H2,1-2H3,(H,21,22). The largest absolute Gasteiger partial charge is 0.432 e. The predicted molar refractivity (Wildman–Crippen MR) is 94.6 cm³/mol. The van der Waals surface area contributed by atoms with Crippen molar-refractivity contribution in [2.75, 3.05) is 18.3 Å². The van der Waals surface area contributed by atoms with E-state index in [0.29, 0.717) is 11.3 Å². The maximum Gasteiger partial charge on any atom is 0.432 e. The van der Waals surface area contributed by atoms with Crippen LogP contribution in [0.15, 0.2) is 59.6 Å². The number of anilines is 1. The van der Waals surface area contributed by atoms with E-state index in [1.54, 1.807) is 36.4 Å². The highest BCUT2D eigenvalue weighted by Crippen LogP contribution is 2.47. The molecule has 0 saturated carbocycles. The summed E-state index contributed by atoms with van der Waals surface area (Å²) in [4.78, 5) is 25.5. The van der Waals surface area contributed by atoms with Gasteiger partial charge >= 0.3 is 7.75 Å². The number of amides is 1. The Morgan fingerprint density at radius 2 is 1.83 bits per heavy atom. The number of carbonyl (C=O) groups excluding carboxylic acids is 1. The minimum atomic E-state index is -4.01. The molecule has 2 rings (SSSR count).